The van der Waals surface area contributed by atoms with Crippen molar-refractivity contribution in [2.75, 3.05) is 13.1 Å². The fourth-order valence-corrected chi connectivity index (χ4v) is 1.87. The van der Waals surface area contributed by atoms with E-state index in [4.69, 9.17) is 5.73 Å². The van der Waals surface area contributed by atoms with Gasteiger partial charge in [0.2, 0.25) is 0 Å². The zero-order valence-corrected chi connectivity index (χ0v) is 15.2. The third kappa shape index (κ3) is 7.72. The summed E-state index contributed by atoms with van der Waals surface area (Å²) in [6, 6.07) is 8.91. The van der Waals surface area contributed by atoms with Crippen LogP contribution in [-0.4, -0.2) is 19.0 Å². The standard InChI is InChI=1S/C16H27N3.HI/c1-4-11-18-16(17)19-12-5-6-14-7-9-15(10-8-14)13(2)3;/h7-10,13H,4-6,11-12H2,1-3H3,(H3,17,18,19);1H. The second kappa shape index (κ2) is 10.9. The van der Waals surface area contributed by atoms with E-state index in [9.17, 15) is 0 Å². The van der Waals surface area contributed by atoms with Gasteiger partial charge in [-0.2, -0.15) is 0 Å². The van der Waals surface area contributed by atoms with Crippen molar-refractivity contribution in [3.05, 3.63) is 35.4 Å². The minimum Gasteiger partial charge on any atom is -0.370 e. The number of guanidine groups is 1. The van der Waals surface area contributed by atoms with Gasteiger partial charge in [0.25, 0.3) is 0 Å². The van der Waals surface area contributed by atoms with E-state index in [1.807, 2.05) is 0 Å². The number of nitrogens with two attached hydrogens (primary N) is 1. The lowest BCUT2D eigenvalue weighted by molar-refractivity contribution is 0.763. The first kappa shape index (κ1) is 19.2. The summed E-state index contributed by atoms with van der Waals surface area (Å²) >= 11 is 0. The van der Waals surface area contributed by atoms with Crippen LogP contribution in [-0.2, 0) is 6.42 Å². The molecule has 0 unspecified atom stereocenters. The number of aryl methyl sites for hydroxylation is 1. The Kier molecular flexibility index (Phi) is 10.5. The molecule has 1 aromatic rings. The number of aliphatic imine (C=N–C) groups is 1. The number of rotatable bonds is 7. The zero-order chi connectivity index (χ0) is 14.1. The Bertz CT molecular complexity index is 385. The van der Waals surface area contributed by atoms with Crippen LogP contribution in [0.4, 0.5) is 0 Å². The highest BCUT2D eigenvalue weighted by atomic mass is 127. The lowest BCUT2D eigenvalue weighted by atomic mass is 10.0. The molecule has 0 bridgehead atoms. The van der Waals surface area contributed by atoms with Crippen molar-refractivity contribution in [3.8, 4) is 0 Å². The molecule has 3 nitrogen and oxygen atoms in total. The Labute approximate surface area is 140 Å². The zero-order valence-electron chi connectivity index (χ0n) is 12.9. The van der Waals surface area contributed by atoms with Crippen LogP contribution in [0.15, 0.2) is 29.3 Å². The lowest BCUT2D eigenvalue weighted by Gasteiger charge is -2.08. The normalized spacial score (nSPS) is 11.3. The van der Waals surface area contributed by atoms with Crippen LogP contribution in [0.1, 0.15) is 50.7 Å². The first-order valence-electron chi connectivity index (χ1n) is 7.26. The summed E-state index contributed by atoms with van der Waals surface area (Å²) in [6.45, 7) is 8.22. The SMILES string of the molecule is CCCN=C(N)NCCCc1ccc(C(C)C)cc1.I. The smallest absolute Gasteiger partial charge is 0.188 e. The van der Waals surface area contributed by atoms with Gasteiger partial charge in [-0.1, -0.05) is 45.0 Å². The molecule has 3 N–H and O–H groups in total. The first-order valence-corrected chi connectivity index (χ1v) is 7.26. The van der Waals surface area contributed by atoms with Crippen LogP contribution >= 0.6 is 24.0 Å². The summed E-state index contributed by atoms with van der Waals surface area (Å²) in [4.78, 5) is 4.20. The van der Waals surface area contributed by atoms with Gasteiger partial charge in [0.1, 0.15) is 0 Å². The molecule has 1 rings (SSSR count). The average molecular weight is 389 g/mol. The van der Waals surface area contributed by atoms with Crippen LogP contribution in [0, 0.1) is 0 Å². The quantitative estimate of drug-likeness (QED) is 0.324. The molecule has 0 aliphatic heterocycles. The van der Waals surface area contributed by atoms with Gasteiger partial charge in [-0.3, -0.25) is 4.99 Å². The van der Waals surface area contributed by atoms with E-state index < -0.39 is 0 Å². The van der Waals surface area contributed by atoms with Gasteiger partial charge in [0, 0.05) is 13.1 Å². The molecule has 114 valence electrons. The van der Waals surface area contributed by atoms with E-state index >= 15 is 0 Å². The average Bonchev–Trinajstić information content (AvgIpc) is 2.41. The van der Waals surface area contributed by atoms with Crippen molar-refractivity contribution in [2.45, 2.75) is 46.0 Å². The second-order valence-corrected chi connectivity index (χ2v) is 5.19. The van der Waals surface area contributed by atoms with E-state index in [1.54, 1.807) is 0 Å². The molecule has 0 saturated carbocycles. The lowest BCUT2D eigenvalue weighted by Crippen LogP contribution is -2.32. The van der Waals surface area contributed by atoms with Gasteiger partial charge in [-0.05, 0) is 36.3 Å². The van der Waals surface area contributed by atoms with E-state index in [2.05, 4.69) is 55.3 Å². The summed E-state index contributed by atoms with van der Waals surface area (Å²) in [5, 5.41) is 3.15. The Hall–Kier alpha value is -0.780. The predicted octanol–water partition coefficient (Wildman–Crippen LogP) is 3.67. The molecule has 0 aliphatic rings. The number of halogens is 1. The van der Waals surface area contributed by atoms with Crippen molar-refractivity contribution in [2.24, 2.45) is 10.7 Å². The van der Waals surface area contributed by atoms with Gasteiger partial charge in [-0.15, -0.1) is 24.0 Å². The Balaban J connectivity index is 0.00000361. The summed E-state index contributed by atoms with van der Waals surface area (Å²) < 4.78 is 0. The first-order chi connectivity index (χ1) is 9.13. The van der Waals surface area contributed by atoms with Crippen LogP contribution < -0.4 is 11.1 Å². The molecule has 0 saturated heterocycles. The molecule has 0 radical (unpaired) electrons. The van der Waals surface area contributed by atoms with E-state index in [0.717, 1.165) is 32.4 Å². The van der Waals surface area contributed by atoms with E-state index in [-0.39, 0.29) is 24.0 Å². The molecule has 4 heteroatoms. The molecule has 1 aromatic carbocycles. The number of hydrogen-bond donors (Lipinski definition) is 2. The number of nitrogens with one attached hydrogen (secondary N) is 1. The Morgan fingerprint density at radius 1 is 1.25 bits per heavy atom. The predicted molar refractivity (Wildman–Crippen MR) is 99.1 cm³/mol. The molecule has 0 fully saturated rings. The van der Waals surface area contributed by atoms with Crippen LogP contribution in [0.2, 0.25) is 0 Å². The fourth-order valence-electron chi connectivity index (χ4n) is 1.87. The minimum atomic E-state index is 0. The minimum absolute atomic E-state index is 0. The van der Waals surface area contributed by atoms with Gasteiger partial charge >= 0.3 is 0 Å². The topological polar surface area (TPSA) is 50.4 Å². The maximum absolute atomic E-state index is 5.73. The molecular formula is C16H28IN3. The second-order valence-electron chi connectivity index (χ2n) is 5.19. The highest BCUT2D eigenvalue weighted by Crippen LogP contribution is 2.15. The van der Waals surface area contributed by atoms with Crippen molar-refractivity contribution in [3.63, 3.8) is 0 Å². The van der Waals surface area contributed by atoms with Crippen molar-refractivity contribution in [1.82, 2.24) is 5.32 Å². The fraction of sp³-hybridized carbons (Fsp3) is 0.562. The Morgan fingerprint density at radius 3 is 2.45 bits per heavy atom. The highest BCUT2D eigenvalue weighted by Gasteiger charge is 1.99. The van der Waals surface area contributed by atoms with Crippen LogP contribution in [0.5, 0.6) is 0 Å². The van der Waals surface area contributed by atoms with Gasteiger partial charge in [0.15, 0.2) is 5.96 Å². The molecule has 0 spiro atoms. The largest absolute Gasteiger partial charge is 0.370 e. The third-order valence-corrected chi connectivity index (χ3v) is 3.10. The number of hydrogen-bond acceptors (Lipinski definition) is 1. The maximum atomic E-state index is 5.73. The van der Waals surface area contributed by atoms with Gasteiger partial charge in [-0.25, -0.2) is 0 Å². The van der Waals surface area contributed by atoms with Crippen molar-refractivity contribution >= 4 is 29.9 Å². The Morgan fingerprint density at radius 2 is 1.90 bits per heavy atom. The number of benzene rings is 1. The third-order valence-electron chi connectivity index (χ3n) is 3.10. The molecule has 0 aromatic heterocycles. The summed E-state index contributed by atoms with van der Waals surface area (Å²) in [7, 11) is 0. The van der Waals surface area contributed by atoms with E-state index in [0.29, 0.717) is 11.9 Å². The van der Waals surface area contributed by atoms with Gasteiger partial charge < -0.3 is 11.1 Å². The maximum Gasteiger partial charge on any atom is 0.188 e. The van der Waals surface area contributed by atoms with Crippen molar-refractivity contribution < 1.29 is 0 Å². The van der Waals surface area contributed by atoms with Crippen LogP contribution in [0.3, 0.4) is 0 Å². The molecule has 0 aliphatic carbocycles. The summed E-state index contributed by atoms with van der Waals surface area (Å²) in [5.41, 5.74) is 8.52. The molecule has 0 atom stereocenters. The highest BCUT2D eigenvalue weighted by molar-refractivity contribution is 14.0. The molecule has 0 amide bonds. The molecule has 0 heterocycles. The summed E-state index contributed by atoms with van der Waals surface area (Å²) in [5.74, 6) is 1.17. The van der Waals surface area contributed by atoms with E-state index in [1.165, 1.54) is 11.1 Å². The molecular weight excluding hydrogens is 361 g/mol. The van der Waals surface area contributed by atoms with Crippen LogP contribution in [0.25, 0.3) is 0 Å². The van der Waals surface area contributed by atoms with Gasteiger partial charge in [0.05, 0.1) is 0 Å². The molecule has 20 heavy (non-hydrogen) atoms. The van der Waals surface area contributed by atoms with Crippen molar-refractivity contribution in [1.29, 1.82) is 0 Å². The summed E-state index contributed by atoms with van der Waals surface area (Å²) in [6.07, 6.45) is 3.18. The number of nitrogens with zero attached hydrogens (tertiary/aromatic N) is 1. The monoisotopic (exact) mass is 389 g/mol.